The van der Waals surface area contributed by atoms with E-state index in [2.05, 4.69) is 33.1 Å². The van der Waals surface area contributed by atoms with Crippen LogP contribution in [0.15, 0.2) is 40.9 Å². The number of nitrogens with zero attached hydrogens (tertiary/aromatic N) is 1. The molecule has 2 aromatic carbocycles. The molecule has 1 heterocycles. The van der Waals surface area contributed by atoms with Crippen LogP contribution in [-0.4, -0.2) is 37.2 Å². The summed E-state index contributed by atoms with van der Waals surface area (Å²) >= 11 is 3.60. The lowest BCUT2D eigenvalue weighted by atomic mass is 10.1. The molecule has 0 unspecified atom stereocenters. The van der Waals surface area contributed by atoms with E-state index in [4.69, 9.17) is 9.47 Å². The second-order valence-electron chi connectivity index (χ2n) is 7.27. The van der Waals surface area contributed by atoms with Gasteiger partial charge in [0.05, 0.1) is 11.1 Å². The number of ether oxygens (including phenoxy) is 2. The Morgan fingerprint density at radius 3 is 2.79 bits per heavy atom. The summed E-state index contributed by atoms with van der Waals surface area (Å²) in [7, 11) is 0. The minimum absolute atomic E-state index is 0.150. The molecule has 1 N–H and O–H groups in total. The summed E-state index contributed by atoms with van der Waals surface area (Å²) in [6.07, 6.45) is 2.55. The third kappa shape index (κ3) is 5.93. The fourth-order valence-electron chi connectivity index (χ4n) is 3.82. The van der Waals surface area contributed by atoms with Crippen LogP contribution in [0.5, 0.6) is 11.5 Å². The van der Waals surface area contributed by atoms with Crippen molar-refractivity contribution in [2.45, 2.75) is 45.9 Å². The monoisotopic (exact) mass is 464 g/mol. The van der Waals surface area contributed by atoms with Crippen LogP contribution in [0, 0.1) is 5.82 Å². The van der Waals surface area contributed by atoms with Crippen LogP contribution in [0.4, 0.5) is 4.39 Å². The molecule has 158 valence electrons. The topological polar surface area (TPSA) is 33.7 Å². The molecule has 6 heteroatoms. The number of rotatable bonds is 10. The van der Waals surface area contributed by atoms with Gasteiger partial charge in [-0.05, 0) is 72.5 Å². The molecular formula is C23H30BrFN2O2. The van der Waals surface area contributed by atoms with Crippen LogP contribution >= 0.6 is 15.9 Å². The molecule has 0 amide bonds. The molecule has 0 aromatic heterocycles. The number of likely N-dealkylation sites (tertiary alicyclic amines) is 1. The molecule has 2 aromatic rings. The summed E-state index contributed by atoms with van der Waals surface area (Å²) in [5.74, 6) is 1.01. The van der Waals surface area contributed by atoms with Crippen molar-refractivity contribution >= 4 is 15.9 Å². The predicted octanol–water partition coefficient (Wildman–Crippen LogP) is 5.14. The van der Waals surface area contributed by atoms with Gasteiger partial charge in [0.1, 0.15) is 12.4 Å². The standard InChI is InChI=1S/C23H30BrFN2O2/c1-3-27-11-7-9-19(27)15-26-14-17-12-20(24)23(22(13-17)28-4-2)29-16-18-8-5-6-10-21(18)25/h5-6,8,10,12-13,19,26H,3-4,7,9,11,14-16H2,1-2H3/t19-/m0/s1. The number of likely N-dealkylation sites (N-methyl/N-ethyl adjacent to an activating group) is 1. The fraction of sp³-hybridized carbons (Fsp3) is 0.478. The first-order chi connectivity index (χ1) is 14.1. The van der Waals surface area contributed by atoms with Gasteiger partial charge < -0.3 is 14.8 Å². The normalized spacial score (nSPS) is 16.9. The van der Waals surface area contributed by atoms with Gasteiger partial charge in [-0.1, -0.05) is 25.1 Å². The number of hydrogen-bond acceptors (Lipinski definition) is 4. The lowest BCUT2D eigenvalue weighted by molar-refractivity contribution is 0.259. The maximum Gasteiger partial charge on any atom is 0.175 e. The Bertz CT molecular complexity index is 802. The number of hydrogen-bond donors (Lipinski definition) is 1. The first-order valence-electron chi connectivity index (χ1n) is 10.4. The lowest BCUT2D eigenvalue weighted by Crippen LogP contribution is -2.37. The first-order valence-corrected chi connectivity index (χ1v) is 11.2. The minimum atomic E-state index is -0.268. The Morgan fingerprint density at radius 2 is 2.03 bits per heavy atom. The van der Waals surface area contributed by atoms with Crippen molar-refractivity contribution in [3.63, 3.8) is 0 Å². The van der Waals surface area contributed by atoms with Crippen LogP contribution < -0.4 is 14.8 Å². The average molecular weight is 465 g/mol. The zero-order valence-corrected chi connectivity index (χ0v) is 18.8. The van der Waals surface area contributed by atoms with Crippen LogP contribution in [0.1, 0.15) is 37.8 Å². The molecule has 1 aliphatic heterocycles. The summed E-state index contributed by atoms with van der Waals surface area (Å²) in [4.78, 5) is 2.54. The molecule has 0 radical (unpaired) electrons. The highest BCUT2D eigenvalue weighted by Gasteiger charge is 2.22. The van der Waals surface area contributed by atoms with E-state index in [9.17, 15) is 4.39 Å². The summed E-state index contributed by atoms with van der Waals surface area (Å²) in [6.45, 7) is 8.92. The largest absolute Gasteiger partial charge is 0.490 e. The molecule has 1 atom stereocenters. The van der Waals surface area contributed by atoms with Gasteiger partial charge >= 0.3 is 0 Å². The minimum Gasteiger partial charge on any atom is -0.490 e. The van der Waals surface area contributed by atoms with E-state index in [0.29, 0.717) is 29.7 Å². The van der Waals surface area contributed by atoms with Crippen molar-refractivity contribution in [2.24, 2.45) is 0 Å². The Balaban J connectivity index is 1.65. The summed E-state index contributed by atoms with van der Waals surface area (Å²) < 4.78 is 26.4. The molecule has 0 bridgehead atoms. The number of halogens is 2. The van der Waals surface area contributed by atoms with Crippen molar-refractivity contribution in [3.8, 4) is 11.5 Å². The van der Waals surface area contributed by atoms with E-state index in [1.165, 1.54) is 25.5 Å². The Labute approximate surface area is 181 Å². The average Bonchev–Trinajstić information content (AvgIpc) is 3.16. The number of nitrogens with one attached hydrogen (secondary N) is 1. The van der Waals surface area contributed by atoms with Gasteiger partial charge in [0, 0.05) is 24.7 Å². The van der Waals surface area contributed by atoms with E-state index < -0.39 is 0 Å². The molecule has 1 fully saturated rings. The quantitative estimate of drug-likeness (QED) is 0.527. The van der Waals surface area contributed by atoms with Gasteiger partial charge in [-0.25, -0.2) is 4.39 Å². The maximum absolute atomic E-state index is 13.9. The van der Waals surface area contributed by atoms with E-state index in [1.807, 2.05) is 19.1 Å². The zero-order valence-electron chi connectivity index (χ0n) is 17.2. The van der Waals surface area contributed by atoms with Gasteiger partial charge in [-0.3, -0.25) is 4.90 Å². The zero-order chi connectivity index (χ0) is 20.6. The molecule has 1 saturated heterocycles. The van der Waals surface area contributed by atoms with Crippen molar-refractivity contribution in [3.05, 3.63) is 57.8 Å². The van der Waals surface area contributed by atoms with Crippen molar-refractivity contribution in [2.75, 3.05) is 26.2 Å². The van der Waals surface area contributed by atoms with E-state index >= 15 is 0 Å². The van der Waals surface area contributed by atoms with Gasteiger partial charge in [0.25, 0.3) is 0 Å². The summed E-state index contributed by atoms with van der Waals surface area (Å²) in [5.41, 5.74) is 1.64. The van der Waals surface area contributed by atoms with Crippen LogP contribution in [0.3, 0.4) is 0 Å². The highest BCUT2D eigenvalue weighted by Crippen LogP contribution is 2.37. The Hall–Kier alpha value is -1.63. The SMILES string of the molecule is CCOc1cc(CNC[C@@H]2CCCN2CC)cc(Br)c1OCc1ccccc1F. The van der Waals surface area contributed by atoms with Crippen molar-refractivity contribution < 1.29 is 13.9 Å². The van der Waals surface area contributed by atoms with E-state index in [1.54, 1.807) is 18.2 Å². The van der Waals surface area contributed by atoms with Crippen LogP contribution in [0.25, 0.3) is 0 Å². The summed E-state index contributed by atoms with van der Waals surface area (Å²) in [5, 5.41) is 3.58. The van der Waals surface area contributed by atoms with Gasteiger partial charge in [0.2, 0.25) is 0 Å². The molecule has 29 heavy (non-hydrogen) atoms. The molecule has 0 saturated carbocycles. The van der Waals surface area contributed by atoms with Crippen LogP contribution in [-0.2, 0) is 13.2 Å². The second-order valence-corrected chi connectivity index (χ2v) is 8.13. The third-order valence-corrected chi connectivity index (χ3v) is 5.90. The van der Waals surface area contributed by atoms with Crippen LogP contribution in [0.2, 0.25) is 0 Å². The molecule has 1 aliphatic rings. The molecule has 0 aliphatic carbocycles. The fourth-order valence-corrected chi connectivity index (χ4v) is 4.42. The predicted molar refractivity (Wildman–Crippen MR) is 118 cm³/mol. The van der Waals surface area contributed by atoms with E-state index in [-0.39, 0.29) is 12.4 Å². The summed E-state index contributed by atoms with van der Waals surface area (Å²) in [6, 6.07) is 11.3. The smallest absolute Gasteiger partial charge is 0.175 e. The molecule has 3 rings (SSSR count). The Kier molecular flexibility index (Phi) is 8.33. The van der Waals surface area contributed by atoms with Gasteiger partial charge in [-0.15, -0.1) is 0 Å². The molecule has 0 spiro atoms. The highest BCUT2D eigenvalue weighted by atomic mass is 79.9. The molecule has 4 nitrogen and oxygen atoms in total. The highest BCUT2D eigenvalue weighted by molar-refractivity contribution is 9.10. The van der Waals surface area contributed by atoms with Crippen molar-refractivity contribution in [1.29, 1.82) is 0 Å². The Morgan fingerprint density at radius 1 is 1.21 bits per heavy atom. The van der Waals surface area contributed by atoms with Gasteiger partial charge in [0.15, 0.2) is 11.5 Å². The third-order valence-electron chi connectivity index (χ3n) is 5.31. The van der Waals surface area contributed by atoms with Gasteiger partial charge in [-0.2, -0.15) is 0 Å². The van der Waals surface area contributed by atoms with E-state index in [0.717, 1.165) is 29.7 Å². The number of benzene rings is 2. The molecular weight excluding hydrogens is 435 g/mol. The first kappa shape index (κ1) is 22.1. The van der Waals surface area contributed by atoms with Crippen molar-refractivity contribution in [1.82, 2.24) is 10.2 Å². The lowest BCUT2D eigenvalue weighted by Gasteiger charge is -2.23. The second kappa shape index (κ2) is 11.0. The maximum atomic E-state index is 13.9.